The van der Waals surface area contributed by atoms with E-state index in [0.717, 1.165) is 18.5 Å². The highest BCUT2D eigenvalue weighted by molar-refractivity contribution is 5.94. The molecule has 7 heteroatoms. The lowest BCUT2D eigenvalue weighted by atomic mass is 10.4. The lowest BCUT2D eigenvalue weighted by molar-refractivity contribution is -0.167. The molecule has 76 valence electrons. The molecule has 0 aliphatic rings. The van der Waals surface area contributed by atoms with E-state index in [1.165, 1.54) is 5.32 Å². The van der Waals surface area contributed by atoms with Gasteiger partial charge in [0.25, 0.3) is 0 Å². The number of carbonyl (C=O) groups excluding carboxylic acids is 1. The van der Waals surface area contributed by atoms with Crippen LogP contribution in [-0.4, -0.2) is 17.1 Å². The molecule has 0 radical (unpaired) electrons. The van der Waals surface area contributed by atoms with Gasteiger partial charge >= 0.3 is 12.1 Å². The van der Waals surface area contributed by atoms with Crippen LogP contribution in [0.1, 0.15) is 0 Å². The van der Waals surface area contributed by atoms with E-state index >= 15 is 0 Å². The predicted octanol–water partition coefficient (Wildman–Crippen LogP) is 1.72. The second-order valence-electron chi connectivity index (χ2n) is 2.34. The summed E-state index contributed by atoms with van der Waals surface area (Å²) in [5.74, 6) is -2.99. The average molecular weight is 208 g/mol. The molecule has 0 atom stereocenters. The first-order valence-electron chi connectivity index (χ1n) is 3.38. The van der Waals surface area contributed by atoms with E-state index < -0.39 is 17.9 Å². The Morgan fingerprint density at radius 3 is 2.50 bits per heavy atom. The maximum absolute atomic E-state index is 12.4. The highest BCUT2D eigenvalue weighted by Crippen LogP contribution is 2.17. The topological polar surface area (TPSA) is 42.0 Å². The number of nitrogens with one attached hydrogen (secondary N) is 1. The molecule has 0 unspecified atom stereocenters. The van der Waals surface area contributed by atoms with Crippen LogP contribution in [-0.2, 0) is 4.79 Å². The molecular weight excluding hydrogens is 204 g/mol. The third-order valence-electron chi connectivity index (χ3n) is 1.22. The molecule has 0 aromatic carbocycles. The molecule has 0 spiro atoms. The van der Waals surface area contributed by atoms with E-state index in [1.807, 2.05) is 0 Å². The van der Waals surface area contributed by atoms with Gasteiger partial charge in [-0.2, -0.15) is 13.2 Å². The molecular formula is C7H4F4N2O. The van der Waals surface area contributed by atoms with E-state index in [9.17, 15) is 22.4 Å². The molecule has 14 heavy (non-hydrogen) atoms. The summed E-state index contributed by atoms with van der Waals surface area (Å²) in [6.07, 6.45) is -3.28. The van der Waals surface area contributed by atoms with Crippen molar-refractivity contribution in [2.24, 2.45) is 0 Å². The SMILES string of the molecule is O=C(Nc1cncc(F)c1)C(F)(F)F. The summed E-state index contributed by atoms with van der Waals surface area (Å²) in [6, 6.07) is 0.733. The summed E-state index contributed by atoms with van der Waals surface area (Å²) < 4.78 is 47.5. The molecule has 1 amide bonds. The van der Waals surface area contributed by atoms with Gasteiger partial charge in [0.05, 0.1) is 18.1 Å². The van der Waals surface area contributed by atoms with Gasteiger partial charge in [0.1, 0.15) is 5.82 Å². The summed E-state index contributed by atoms with van der Waals surface area (Å²) in [4.78, 5) is 13.6. The summed E-state index contributed by atoms with van der Waals surface area (Å²) in [5.41, 5.74) is -0.340. The third-order valence-corrected chi connectivity index (χ3v) is 1.22. The van der Waals surface area contributed by atoms with Crippen LogP contribution < -0.4 is 5.32 Å². The van der Waals surface area contributed by atoms with Gasteiger partial charge in [0.15, 0.2) is 0 Å². The van der Waals surface area contributed by atoms with Gasteiger partial charge in [-0.15, -0.1) is 0 Å². The van der Waals surface area contributed by atoms with E-state index in [0.29, 0.717) is 0 Å². The van der Waals surface area contributed by atoms with Crippen molar-refractivity contribution >= 4 is 11.6 Å². The largest absolute Gasteiger partial charge is 0.471 e. The van der Waals surface area contributed by atoms with Gasteiger partial charge in [-0.25, -0.2) is 4.39 Å². The minimum atomic E-state index is -4.99. The van der Waals surface area contributed by atoms with Crippen LogP contribution in [0.3, 0.4) is 0 Å². The molecule has 1 N–H and O–H groups in total. The molecule has 0 aliphatic heterocycles. The highest BCUT2D eigenvalue weighted by atomic mass is 19.4. The zero-order valence-corrected chi connectivity index (χ0v) is 6.60. The number of rotatable bonds is 1. The first kappa shape index (κ1) is 10.4. The number of hydrogen-bond acceptors (Lipinski definition) is 2. The van der Waals surface area contributed by atoms with Crippen molar-refractivity contribution < 1.29 is 22.4 Å². The van der Waals surface area contributed by atoms with Crippen molar-refractivity contribution in [1.29, 1.82) is 0 Å². The lowest BCUT2D eigenvalue weighted by Crippen LogP contribution is -2.29. The molecule has 1 aromatic heterocycles. The predicted molar refractivity (Wildman–Crippen MR) is 38.9 cm³/mol. The van der Waals surface area contributed by atoms with Gasteiger partial charge in [-0.1, -0.05) is 0 Å². The van der Waals surface area contributed by atoms with Gasteiger partial charge < -0.3 is 5.32 Å². The second-order valence-corrected chi connectivity index (χ2v) is 2.34. The lowest BCUT2D eigenvalue weighted by Gasteiger charge is -2.06. The molecule has 1 rings (SSSR count). The van der Waals surface area contributed by atoms with Crippen molar-refractivity contribution in [1.82, 2.24) is 4.98 Å². The quantitative estimate of drug-likeness (QED) is 0.714. The Labute approximate surface area is 75.8 Å². The van der Waals surface area contributed by atoms with Crippen LogP contribution in [0.2, 0.25) is 0 Å². The molecule has 0 saturated heterocycles. The fourth-order valence-corrected chi connectivity index (χ4v) is 0.682. The standard InChI is InChI=1S/C7H4F4N2O/c8-4-1-5(3-12-2-4)13-6(14)7(9,10)11/h1-3H,(H,13,14). The summed E-state index contributed by atoms with van der Waals surface area (Å²) in [7, 11) is 0. The zero-order valence-electron chi connectivity index (χ0n) is 6.60. The van der Waals surface area contributed by atoms with Crippen molar-refractivity contribution in [3.63, 3.8) is 0 Å². The van der Waals surface area contributed by atoms with Gasteiger partial charge in [-0.3, -0.25) is 9.78 Å². The Bertz CT molecular complexity index is 350. The number of hydrogen-bond donors (Lipinski definition) is 1. The second kappa shape index (κ2) is 3.60. The minimum absolute atomic E-state index is 0.340. The summed E-state index contributed by atoms with van der Waals surface area (Å²) >= 11 is 0. The number of carbonyl (C=O) groups is 1. The van der Waals surface area contributed by atoms with Crippen LogP contribution in [0.25, 0.3) is 0 Å². The smallest absolute Gasteiger partial charge is 0.317 e. The van der Waals surface area contributed by atoms with E-state index in [1.54, 1.807) is 0 Å². The van der Waals surface area contributed by atoms with Crippen molar-refractivity contribution in [3.05, 3.63) is 24.3 Å². The minimum Gasteiger partial charge on any atom is -0.317 e. The van der Waals surface area contributed by atoms with Gasteiger partial charge in [0.2, 0.25) is 0 Å². The maximum atomic E-state index is 12.4. The summed E-state index contributed by atoms with van der Waals surface area (Å²) in [5, 5.41) is 1.46. The number of aromatic nitrogens is 1. The van der Waals surface area contributed by atoms with E-state index in [4.69, 9.17) is 0 Å². The number of halogens is 4. The summed E-state index contributed by atoms with van der Waals surface area (Å²) in [6.45, 7) is 0. The number of nitrogens with zero attached hydrogens (tertiary/aromatic N) is 1. The molecule has 1 aromatic rings. The van der Waals surface area contributed by atoms with Crippen molar-refractivity contribution in [2.45, 2.75) is 6.18 Å². The monoisotopic (exact) mass is 208 g/mol. The third kappa shape index (κ3) is 2.68. The molecule has 1 heterocycles. The van der Waals surface area contributed by atoms with Gasteiger partial charge in [-0.05, 0) is 0 Å². The van der Waals surface area contributed by atoms with Crippen LogP contribution in [0.5, 0.6) is 0 Å². The van der Waals surface area contributed by atoms with Crippen LogP contribution >= 0.6 is 0 Å². The number of alkyl halides is 3. The highest BCUT2D eigenvalue weighted by Gasteiger charge is 2.38. The molecule has 0 bridgehead atoms. The average Bonchev–Trinajstić information content (AvgIpc) is 2.02. The Kier molecular flexibility index (Phi) is 2.68. The van der Waals surface area contributed by atoms with Crippen LogP contribution in [0, 0.1) is 5.82 Å². The molecule has 0 saturated carbocycles. The van der Waals surface area contributed by atoms with Gasteiger partial charge in [0, 0.05) is 6.07 Å². The van der Waals surface area contributed by atoms with E-state index in [2.05, 4.69) is 4.98 Å². The Morgan fingerprint density at radius 1 is 1.36 bits per heavy atom. The number of anilines is 1. The fourth-order valence-electron chi connectivity index (χ4n) is 0.682. The van der Waals surface area contributed by atoms with Crippen molar-refractivity contribution in [3.8, 4) is 0 Å². The van der Waals surface area contributed by atoms with E-state index in [-0.39, 0.29) is 5.69 Å². The van der Waals surface area contributed by atoms with Crippen LogP contribution in [0.4, 0.5) is 23.2 Å². The number of pyridine rings is 1. The number of amides is 1. The maximum Gasteiger partial charge on any atom is 0.471 e. The van der Waals surface area contributed by atoms with Crippen LogP contribution in [0.15, 0.2) is 18.5 Å². The Morgan fingerprint density at radius 2 is 2.00 bits per heavy atom. The first-order chi connectivity index (χ1) is 6.39. The molecule has 0 aliphatic carbocycles. The zero-order chi connectivity index (χ0) is 10.8. The van der Waals surface area contributed by atoms with Crippen molar-refractivity contribution in [2.75, 3.05) is 5.32 Å². The Hall–Kier alpha value is -1.66. The normalized spacial score (nSPS) is 11.1. The molecule has 3 nitrogen and oxygen atoms in total. The fraction of sp³-hybridized carbons (Fsp3) is 0.143. The Balaban J connectivity index is 2.75. The first-order valence-corrected chi connectivity index (χ1v) is 3.38. The molecule has 0 fully saturated rings.